The molecule has 202 valence electrons. The van der Waals surface area contributed by atoms with E-state index in [9.17, 15) is 9.59 Å². The molecule has 0 spiro atoms. The number of pyridine rings is 1. The van der Waals surface area contributed by atoms with Crippen LogP contribution in [0.15, 0.2) is 71.9 Å². The number of carbonyl (C=O) groups is 1. The van der Waals surface area contributed by atoms with E-state index < -0.39 is 0 Å². The van der Waals surface area contributed by atoms with Gasteiger partial charge in [0, 0.05) is 18.3 Å². The Hall–Kier alpha value is -4.99. The second-order valence-electron chi connectivity index (χ2n) is 9.44. The molecule has 0 aliphatic carbocycles. The highest BCUT2D eigenvalue weighted by Gasteiger charge is 2.27. The Kier molecular flexibility index (Phi) is 6.73. The molecule has 0 saturated carbocycles. The first-order valence-corrected chi connectivity index (χ1v) is 13.0. The lowest BCUT2D eigenvalue weighted by Gasteiger charge is -2.19. The molecule has 6 rings (SSSR count). The van der Waals surface area contributed by atoms with Gasteiger partial charge in [0.05, 0.1) is 49.1 Å². The number of ketones is 1. The number of para-hydroxylation sites is 1. The number of ether oxygens (including phenoxy) is 3. The van der Waals surface area contributed by atoms with Gasteiger partial charge in [-0.05, 0) is 49.6 Å². The van der Waals surface area contributed by atoms with Gasteiger partial charge in [-0.3, -0.25) is 19.3 Å². The van der Waals surface area contributed by atoms with Gasteiger partial charge in [-0.15, -0.1) is 0 Å². The van der Waals surface area contributed by atoms with E-state index in [0.717, 1.165) is 24.2 Å². The average Bonchev–Trinajstić information content (AvgIpc) is 3.29. The molecular weight excluding hydrogens is 510 g/mol. The van der Waals surface area contributed by atoms with Crippen LogP contribution in [0.3, 0.4) is 0 Å². The van der Waals surface area contributed by atoms with Crippen molar-refractivity contribution in [3.05, 3.63) is 94.4 Å². The Bertz CT molecular complexity index is 1760. The number of rotatable bonds is 8. The van der Waals surface area contributed by atoms with Crippen molar-refractivity contribution < 1.29 is 19.0 Å². The van der Waals surface area contributed by atoms with Crippen LogP contribution in [-0.2, 0) is 19.4 Å². The van der Waals surface area contributed by atoms with Crippen LogP contribution >= 0.6 is 0 Å². The fourth-order valence-corrected chi connectivity index (χ4v) is 5.12. The molecule has 0 amide bonds. The van der Waals surface area contributed by atoms with E-state index in [0.29, 0.717) is 52.7 Å². The molecule has 10 nitrogen and oxygen atoms in total. The maximum Gasteiger partial charge on any atom is 0.282 e. The van der Waals surface area contributed by atoms with Crippen molar-refractivity contribution in [3.63, 3.8) is 0 Å². The molecule has 0 saturated heterocycles. The van der Waals surface area contributed by atoms with Crippen molar-refractivity contribution in [1.82, 2.24) is 24.3 Å². The Morgan fingerprint density at radius 3 is 2.50 bits per heavy atom. The largest absolute Gasteiger partial charge is 0.493 e. The van der Waals surface area contributed by atoms with Crippen molar-refractivity contribution in [2.45, 2.75) is 32.2 Å². The van der Waals surface area contributed by atoms with E-state index in [2.05, 4.69) is 15.0 Å². The van der Waals surface area contributed by atoms with Gasteiger partial charge in [-0.25, -0.2) is 14.6 Å². The number of nitrogens with zero attached hydrogens (tertiary/aromatic N) is 5. The summed E-state index contributed by atoms with van der Waals surface area (Å²) < 4.78 is 20.3. The summed E-state index contributed by atoms with van der Waals surface area (Å²) in [7, 11) is 3.11. The zero-order chi connectivity index (χ0) is 27.6. The van der Waals surface area contributed by atoms with Gasteiger partial charge >= 0.3 is 0 Å². The zero-order valence-electron chi connectivity index (χ0n) is 22.2. The lowest BCUT2D eigenvalue weighted by atomic mass is 10.0. The first kappa shape index (κ1) is 25.3. The molecule has 0 unspecified atom stereocenters. The number of hydrogen-bond donors (Lipinski definition) is 0. The number of fused-ring (bicyclic) bond motifs is 2. The van der Waals surface area contributed by atoms with Crippen LogP contribution in [0.5, 0.6) is 23.1 Å². The van der Waals surface area contributed by atoms with Crippen molar-refractivity contribution in [1.29, 1.82) is 0 Å². The minimum Gasteiger partial charge on any atom is -0.493 e. The second kappa shape index (κ2) is 10.6. The summed E-state index contributed by atoms with van der Waals surface area (Å²) in [5.74, 6) is 1.61. The standard InChI is InChI=1S/C30H27N5O5/c1-38-26-15-22-23(16-27(26)39-2)32-18-33-29(22)40-21-12-11-19(31-17-21)14-25(36)28-24-10-6-7-13-34(24)35(30(28)37)20-8-4-3-5-9-20/h3-5,8-9,11-12,15-18H,6-7,10,13-14H2,1-2H3. The normalized spacial score (nSPS) is 12.7. The fourth-order valence-electron chi connectivity index (χ4n) is 5.12. The number of aromatic nitrogens is 5. The minimum atomic E-state index is -0.282. The summed E-state index contributed by atoms with van der Waals surface area (Å²) in [6.07, 6.45) is 5.56. The highest BCUT2D eigenvalue weighted by Crippen LogP contribution is 2.35. The molecule has 2 aromatic carbocycles. The van der Waals surface area contributed by atoms with Crippen LogP contribution in [0, 0.1) is 0 Å². The third-order valence-electron chi connectivity index (χ3n) is 7.02. The SMILES string of the molecule is COc1cc2ncnc(Oc3ccc(CC(=O)c4c5n(n(-c6ccccc6)c4=O)CCCC5)nc3)c2cc1OC. The first-order chi connectivity index (χ1) is 19.6. The van der Waals surface area contributed by atoms with Gasteiger partial charge in [-0.2, -0.15) is 0 Å². The van der Waals surface area contributed by atoms with E-state index in [4.69, 9.17) is 14.2 Å². The van der Waals surface area contributed by atoms with Gasteiger partial charge in [0.25, 0.3) is 5.56 Å². The number of methoxy groups -OCH3 is 2. The summed E-state index contributed by atoms with van der Waals surface area (Å²) in [6, 6.07) is 16.4. The molecule has 4 heterocycles. The topological polar surface area (TPSA) is 110 Å². The van der Waals surface area contributed by atoms with Crippen LogP contribution in [0.25, 0.3) is 16.6 Å². The van der Waals surface area contributed by atoms with E-state index in [1.54, 1.807) is 43.2 Å². The average molecular weight is 538 g/mol. The smallest absolute Gasteiger partial charge is 0.282 e. The summed E-state index contributed by atoms with van der Waals surface area (Å²) in [5, 5.41) is 0.646. The van der Waals surface area contributed by atoms with E-state index in [-0.39, 0.29) is 23.3 Å². The highest BCUT2D eigenvalue weighted by atomic mass is 16.5. The maximum absolute atomic E-state index is 13.5. The predicted molar refractivity (Wildman–Crippen MR) is 148 cm³/mol. The summed E-state index contributed by atoms with van der Waals surface area (Å²) >= 11 is 0. The summed E-state index contributed by atoms with van der Waals surface area (Å²) in [4.78, 5) is 39.9. The lowest BCUT2D eigenvalue weighted by Crippen LogP contribution is -2.24. The van der Waals surface area contributed by atoms with Crippen LogP contribution < -0.4 is 19.8 Å². The molecule has 1 aliphatic rings. The molecule has 40 heavy (non-hydrogen) atoms. The Labute approximate surface area is 229 Å². The Balaban J connectivity index is 1.25. The molecule has 0 N–H and O–H groups in total. The van der Waals surface area contributed by atoms with Gasteiger partial charge in [0.1, 0.15) is 17.6 Å². The minimum absolute atomic E-state index is 0.00868. The fraction of sp³-hybridized carbons (Fsp3) is 0.233. The highest BCUT2D eigenvalue weighted by molar-refractivity contribution is 5.98. The lowest BCUT2D eigenvalue weighted by molar-refractivity contribution is 0.0989. The maximum atomic E-state index is 13.5. The quantitative estimate of drug-likeness (QED) is 0.265. The molecule has 3 aromatic heterocycles. The predicted octanol–water partition coefficient (Wildman–Crippen LogP) is 4.55. The van der Waals surface area contributed by atoms with E-state index >= 15 is 0 Å². The van der Waals surface area contributed by atoms with Crippen molar-refractivity contribution in [2.24, 2.45) is 0 Å². The van der Waals surface area contributed by atoms with Gasteiger partial charge in [0.15, 0.2) is 17.3 Å². The van der Waals surface area contributed by atoms with Crippen LogP contribution in [0.4, 0.5) is 0 Å². The first-order valence-electron chi connectivity index (χ1n) is 13.0. The molecular formula is C30H27N5O5. The third kappa shape index (κ3) is 4.57. The molecule has 5 aromatic rings. The van der Waals surface area contributed by atoms with Gasteiger partial charge in [-0.1, -0.05) is 18.2 Å². The number of hydrogen-bond acceptors (Lipinski definition) is 8. The Morgan fingerprint density at radius 1 is 0.950 bits per heavy atom. The van der Waals surface area contributed by atoms with E-state index in [1.807, 2.05) is 35.0 Å². The molecule has 1 aliphatic heterocycles. The van der Waals surface area contributed by atoms with Crippen molar-refractivity contribution in [3.8, 4) is 28.8 Å². The van der Waals surface area contributed by atoms with Crippen molar-refractivity contribution >= 4 is 16.7 Å². The number of benzene rings is 2. The molecule has 0 bridgehead atoms. The monoisotopic (exact) mass is 537 g/mol. The van der Waals surface area contributed by atoms with Crippen LogP contribution in [0.2, 0.25) is 0 Å². The van der Waals surface area contributed by atoms with Crippen LogP contribution in [0.1, 0.15) is 34.6 Å². The van der Waals surface area contributed by atoms with Crippen LogP contribution in [-0.4, -0.2) is 44.3 Å². The Morgan fingerprint density at radius 2 is 1.75 bits per heavy atom. The van der Waals surface area contributed by atoms with Gasteiger partial charge < -0.3 is 14.2 Å². The molecule has 10 heteroatoms. The molecule has 0 atom stereocenters. The summed E-state index contributed by atoms with van der Waals surface area (Å²) in [6.45, 7) is 0.702. The molecule has 0 radical (unpaired) electrons. The number of Topliss-reactive ketones (excluding diaryl/α,β-unsaturated/α-hetero) is 1. The van der Waals surface area contributed by atoms with Crippen molar-refractivity contribution in [2.75, 3.05) is 14.2 Å². The molecule has 0 fully saturated rings. The zero-order valence-corrected chi connectivity index (χ0v) is 22.2. The second-order valence-corrected chi connectivity index (χ2v) is 9.44. The third-order valence-corrected chi connectivity index (χ3v) is 7.02. The van der Waals surface area contributed by atoms with Gasteiger partial charge in [0.2, 0.25) is 5.88 Å². The summed E-state index contributed by atoms with van der Waals surface area (Å²) in [5.41, 5.74) is 2.70. The van der Waals surface area contributed by atoms with E-state index in [1.165, 1.54) is 12.5 Å². The number of carbonyl (C=O) groups excluding carboxylic acids is 1.